The first-order valence-corrected chi connectivity index (χ1v) is 8.00. The third-order valence-electron chi connectivity index (χ3n) is 3.40. The molecule has 0 aliphatic rings. The fraction of sp³-hybridized carbons (Fsp3) is 0.235. The summed E-state index contributed by atoms with van der Waals surface area (Å²) in [5.74, 6) is 0. The standard InChI is InChI=1S/C17H18N2OS/c20-10-9-18-8-7-17-19-16(12-21-17)15-6-5-13-3-1-2-4-14(13)11-15/h1-6,11-12,18,20H,7-10H2. The van der Waals surface area contributed by atoms with Crippen molar-refractivity contribution in [3.05, 3.63) is 52.9 Å². The van der Waals surface area contributed by atoms with Crippen LogP contribution in [-0.4, -0.2) is 29.8 Å². The molecule has 0 aliphatic heterocycles. The molecule has 2 aromatic carbocycles. The van der Waals surface area contributed by atoms with E-state index >= 15 is 0 Å². The fourth-order valence-electron chi connectivity index (χ4n) is 2.31. The Bertz CT molecular complexity index is 723. The Hall–Kier alpha value is -1.75. The number of aliphatic hydroxyl groups excluding tert-OH is 1. The van der Waals surface area contributed by atoms with E-state index in [1.807, 2.05) is 0 Å². The molecule has 0 spiro atoms. The number of aromatic nitrogens is 1. The molecule has 1 heterocycles. The van der Waals surface area contributed by atoms with Gasteiger partial charge in [0.1, 0.15) is 0 Å². The van der Waals surface area contributed by atoms with E-state index in [1.165, 1.54) is 16.3 Å². The van der Waals surface area contributed by atoms with Crippen molar-refractivity contribution in [3.63, 3.8) is 0 Å². The molecule has 0 fully saturated rings. The Balaban J connectivity index is 1.75. The van der Waals surface area contributed by atoms with Crippen LogP contribution in [-0.2, 0) is 6.42 Å². The average molecular weight is 298 g/mol. The molecule has 2 N–H and O–H groups in total. The zero-order valence-electron chi connectivity index (χ0n) is 11.7. The van der Waals surface area contributed by atoms with Gasteiger partial charge in [-0.05, 0) is 16.8 Å². The van der Waals surface area contributed by atoms with Gasteiger partial charge in [-0.3, -0.25) is 0 Å². The quantitative estimate of drug-likeness (QED) is 0.687. The van der Waals surface area contributed by atoms with Gasteiger partial charge in [0, 0.05) is 30.5 Å². The van der Waals surface area contributed by atoms with E-state index in [1.54, 1.807) is 11.3 Å². The summed E-state index contributed by atoms with van der Waals surface area (Å²) >= 11 is 1.69. The molecular formula is C17H18N2OS. The second-order valence-electron chi connectivity index (χ2n) is 4.91. The molecule has 0 saturated carbocycles. The van der Waals surface area contributed by atoms with E-state index in [0.717, 1.165) is 23.7 Å². The van der Waals surface area contributed by atoms with Gasteiger partial charge in [-0.15, -0.1) is 11.3 Å². The summed E-state index contributed by atoms with van der Waals surface area (Å²) in [4.78, 5) is 4.70. The summed E-state index contributed by atoms with van der Waals surface area (Å²) in [6.45, 7) is 1.67. The number of hydrogen-bond acceptors (Lipinski definition) is 4. The minimum atomic E-state index is 0.181. The Labute approximate surface area is 128 Å². The van der Waals surface area contributed by atoms with Gasteiger partial charge in [-0.1, -0.05) is 36.4 Å². The predicted molar refractivity (Wildman–Crippen MR) is 88.7 cm³/mol. The first kappa shape index (κ1) is 14.2. The largest absolute Gasteiger partial charge is 0.395 e. The number of thiazole rings is 1. The van der Waals surface area contributed by atoms with Gasteiger partial charge in [0.25, 0.3) is 0 Å². The molecule has 21 heavy (non-hydrogen) atoms. The van der Waals surface area contributed by atoms with Crippen LogP contribution in [0, 0.1) is 0 Å². The molecule has 0 amide bonds. The topological polar surface area (TPSA) is 45.1 Å². The highest BCUT2D eigenvalue weighted by Gasteiger charge is 2.05. The molecule has 0 saturated heterocycles. The van der Waals surface area contributed by atoms with Crippen LogP contribution in [0.1, 0.15) is 5.01 Å². The van der Waals surface area contributed by atoms with Crippen molar-refractivity contribution in [1.82, 2.24) is 10.3 Å². The first-order chi connectivity index (χ1) is 10.4. The van der Waals surface area contributed by atoms with Crippen molar-refractivity contribution in [3.8, 4) is 11.3 Å². The van der Waals surface area contributed by atoms with Crippen molar-refractivity contribution in [2.75, 3.05) is 19.7 Å². The minimum Gasteiger partial charge on any atom is -0.395 e. The highest BCUT2D eigenvalue weighted by atomic mass is 32.1. The van der Waals surface area contributed by atoms with E-state index in [-0.39, 0.29) is 6.61 Å². The number of fused-ring (bicyclic) bond motifs is 1. The molecule has 0 radical (unpaired) electrons. The summed E-state index contributed by atoms with van der Waals surface area (Å²) in [6, 6.07) is 14.8. The van der Waals surface area contributed by atoms with Crippen molar-refractivity contribution in [2.24, 2.45) is 0 Å². The Morgan fingerprint density at radius 1 is 1.05 bits per heavy atom. The van der Waals surface area contributed by atoms with Crippen LogP contribution in [0.15, 0.2) is 47.8 Å². The molecule has 4 heteroatoms. The van der Waals surface area contributed by atoms with Crippen molar-refractivity contribution < 1.29 is 5.11 Å². The minimum absolute atomic E-state index is 0.181. The predicted octanol–water partition coefficient (Wildman–Crippen LogP) is 3.09. The van der Waals surface area contributed by atoms with Gasteiger partial charge in [0.15, 0.2) is 0 Å². The number of aliphatic hydroxyl groups is 1. The molecule has 1 aromatic heterocycles. The van der Waals surface area contributed by atoms with E-state index < -0.39 is 0 Å². The normalized spacial score (nSPS) is 11.1. The molecule has 3 aromatic rings. The van der Waals surface area contributed by atoms with Gasteiger partial charge in [-0.2, -0.15) is 0 Å². The van der Waals surface area contributed by atoms with Gasteiger partial charge in [0.2, 0.25) is 0 Å². The van der Waals surface area contributed by atoms with E-state index in [9.17, 15) is 0 Å². The molecule has 0 unspecified atom stereocenters. The summed E-state index contributed by atoms with van der Waals surface area (Å²) in [7, 11) is 0. The SMILES string of the molecule is OCCNCCc1nc(-c2ccc3ccccc3c2)cs1. The lowest BCUT2D eigenvalue weighted by Crippen LogP contribution is -2.20. The molecule has 3 nitrogen and oxygen atoms in total. The molecule has 0 atom stereocenters. The maximum absolute atomic E-state index is 8.73. The summed E-state index contributed by atoms with van der Waals surface area (Å²) < 4.78 is 0. The summed E-state index contributed by atoms with van der Waals surface area (Å²) in [5.41, 5.74) is 2.21. The molecule has 0 aliphatic carbocycles. The van der Waals surface area contributed by atoms with Gasteiger partial charge >= 0.3 is 0 Å². The lowest BCUT2D eigenvalue weighted by Gasteiger charge is -2.01. The van der Waals surface area contributed by atoms with E-state index in [0.29, 0.717) is 6.54 Å². The lowest BCUT2D eigenvalue weighted by molar-refractivity contribution is 0.293. The first-order valence-electron chi connectivity index (χ1n) is 7.12. The average Bonchev–Trinajstić information content (AvgIpc) is 3.00. The highest BCUT2D eigenvalue weighted by molar-refractivity contribution is 7.09. The van der Waals surface area contributed by atoms with Crippen LogP contribution < -0.4 is 5.32 Å². The second kappa shape index (κ2) is 6.80. The lowest BCUT2D eigenvalue weighted by atomic mass is 10.1. The Kier molecular flexibility index (Phi) is 4.60. The number of nitrogens with one attached hydrogen (secondary N) is 1. The van der Waals surface area contributed by atoms with E-state index in [2.05, 4.69) is 53.2 Å². The van der Waals surface area contributed by atoms with Crippen LogP contribution in [0.5, 0.6) is 0 Å². The van der Waals surface area contributed by atoms with Crippen molar-refractivity contribution >= 4 is 22.1 Å². The monoisotopic (exact) mass is 298 g/mol. The number of nitrogens with zero attached hydrogens (tertiary/aromatic N) is 1. The maximum Gasteiger partial charge on any atom is 0.0945 e. The van der Waals surface area contributed by atoms with E-state index in [4.69, 9.17) is 10.1 Å². The van der Waals surface area contributed by atoms with Crippen LogP contribution in [0.4, 0.5) is 0 Å². The third kappa shape index (κ3) is 3.47. The van der Waals surface area contributed by atoms with Crippen LogP contribution in [0.3, 0.4) is 0 Å². The molecule has 3 rings (SSSR count). The van der Waals surface area contributed by atoms with Gasteiger partial charge in [0.05, 0.1) is 17.3 Å². The Morgan fingerprint density at radius 3 is 2.76 bits per heavy atom. The third-order valence-corrected chi connectivity index (χ3v) is 4.31. The molecule has 108 valence electrons. The molecule has 0 bridgehead atoms. The van der Waals surface area contributed by atoms with Crippen molar-refractivity contribution in [1.29, 1.82) is 0 Å². The zero-order chi connectivity index (χ0) is 14.5. The van der Waals surface area contributed by atoms with Crippen LogP contribution >= 0.6 is 11.3 Å². The van der Waals surface area contributed by atoms with Crippen LogP contribution in [0.2, 0.25) is 0 Å². The van der Waals surface area contributed by atoms with Gasteiger partial charge < -0.3 is 10.4 Å². The molecular weight excluding hydrogens is 280 g/mol. The van der Waals surface area contributed by atoms with Crippen LogP contribution in [0.25, 0.3) is 22.0 Å². The second-order valence-corrected chi connectivity index (χ2v) is 5.85. The Morgan fingerprint density at radius 2 is 1.90 bits per heavy atom. The maximum atomic E-state index is 8.73. The smallest absolute Gasteiger partial charge is 0.0945 e. The summed E-state index contributed by atoms with van der Waals surface area (Å²) in [5, 5.41) is 17.6. The van der Waals surface area contributed by atoms with Crippen molar-refractivity contribution in [2.45, 2.75) is 6.42 Å². The number of rotatable bonds is 6. The zero-order valence-corrected chi connectivity index (χ0v) is 12.6. The highest BCUT2D eigenvalue weighted by Crippen LogP contribution is 2.25. The van der Waals surface area contributed by atoms with Gasteiger partial charge in [-0.25, -0.2) is 4.98 Å². The fourth-order valence-corrected chi connectivity index (χ4v) is 3.11. The number of hydrogen-bond donors (Lipinski definition) is 2. The summed E-state index contributed by atoms with van der Waals surface area (Å²) in [6.07, 6.45) is 0.901. The number of benzene rings is 2.